The van der Waals surface area contributed by atoms with Gasteiger partial charge in [0.05, 0.1) is 36.8 Å². The minimum absolute atomic E-state index is 0.0624. The highest BCUT2D eigenvalue weighted by Gasteiger charge is 2.29. The van der Waals surface area contributed by atoms with E-state index in [1.807, 2.05) is 23.3 Å². The first-order valence-corrected chi connectivity index (χ1v) is 13.7. The Labute approximate surface area is 235 Å². The predicted molar refractivity (Wildman–Crippen MR) is 158 cm³/mol. The van der Waals surface area contributed by atoms with Crippen LogP contribution in [0.3, 0.4) is 0 Å². The molecule has 3 heterocycles. The molecule has 0 spiro atoms. The van der Waals surface area contributed by atoms with E-state index in [1.54, 1.807) is 7.11 Å². The van der Waals surface area contributed by atoms with Gasteiger partial charge in [-0.25, -0.2) is 15.0 Å². The predicted octanol–water partition coefficient (Wildman–Crippen LogP) is 4.55. The van der Waals surface area contributed by atoms with Gasteiger partial charge >= 0.3 is 0 Å². The average molecular weight is 544 g/mol. The Hall–Kier alpha value is -4.15. The van der Waals surface area contributed by atoms with Crippen LogP contribution in [-0.2, 0) is 16.1 Å². The van der Waals surface area contributed by atoms with Gasteiger partial charge in [0.15, 0.2) is 5.82 Å². The third kappa shape index (κ3) is 6.03. The summed E-state index contributed by atoms with van der Waals surface area (Å²) in [6.45, 7) is 9.94. The molecule has 10 nitrogen and oxygen atoms in total. The average Bonchev–Trinajstić information content (AvgIpc) is 3.48. The second-order valence-electron chi connectivity index (χ2n) is 10.0. The first-order chi connectivity index (χ1) is 19.5. The van der Waals surface area contributed by atoms with E-state index in [9.17, 15) is 4.79 Å². The number of ether oxygens (including phenoxy) is 1. The molecular weight excluding hydrogens is 506 g/mol. The zero-order valence-corrected chi connectivity index (χ0v) is 23.4. The Morgan fingerprint density at radius 2 is 1.98 bits per heavy atom. The molecule has 40 heavy (non-hydrogen) atoms. The molecule has 1 aromatic heterocycles. The lowest BCUT2D eigenvalue weighted by Gasteiger charge is -2.35. The Morgan fingerprint density at radius 3 is 2.73 bits per heavy atom. The number of carbonyl (C=O) groups excluding carboxylic acids is 1. The molecule has 10 heteroatoms. The quantitative estimate of drug-likeness (QED) is 0.377. The SMILES string of the molecule is C=CC(=O)Nc1cc(Nc2cc(N3OCC[C@@H]3c3cccc(CC)c3)ncn2)c(OC)cc1N1CCN(C)CC1. The highest BCUT2D eigenvalue weighted by molar-refractivity contribution is 6.02. The van der Waals surface area contributed by atoms with Crippen molar-refractivity contribution in [2.75, 3.05) is 67.5 Å². The number of nitrogens with zero attached hydrogens (tertiary/aromatic N) is 5. The van der Waals surface area contributed by atoms with Gasteiger partial charge in [-0.15, -0.1) is 0 Å². The molecule has 2 aliphatic heterocycles. The maximum atomic E-state index is 12.3. The van der Waals surface area contributed by atoms with Gasteiger partial charge in [-0.1, -0.05) is 37.8 Å². The van der Waals surface area contributed by atoms with Crippen LogP contribution in [0.5, 0.6) is 5.75 Å². The number of nitrogens with one attached hydrogen (secondary N) is 2. The van der Waals surface area contributed by atoms with E-state index in [2.05, 4.69) is 75.2 Å². The standard InChI is InChI=1S/C30H37N7O3/c1-5-21-8-7-9-22(16-21)25-10-15-40-37(25)29-19-28(31-20-32-29)33-24-17-23(34-30(38)6-2)26(18-27(24)39-4)36-13-11-35(3)12-14-36/h6-9,16-20,25H,2,5,10-15H2,1,3-4H3,(H,34,38)(H,31,32,33)/t25-/m1/s1. The molecular formula is C30H37N7O3. The number of hydrogen-bond donors (Lipinski definition) is 2. The van der Waals surface area contributed by atoms with E-state index >= 15 is 0 Å². The molecule has 0 bridgehead atoms. The van der Waals surface area contributed by atoms with Crippen LogP contribution in [0, 0.1) is 0 Å². The first-order valence-electron chi connectivity index (χ1n) is 13.7. The zero-order valence-electron chi connectivity index (χ0n) is 23.4. The molecule has 2 N–H and O–H groups in total. The summed E-state index contributed by atoms with van der Waals surface area (Å²) in [5, 5.41) is 8.20. The molecule has 2 aromatic carbocycles. The van der Waals surface area contributed by atoms with Crippen molar-refractivity contribution in [2.45, 2.75) is 25.8 Å². The summed E-state index contributed by atoms with van der Waals surface area (Å²) in [5.74, 6) is 1.60. The van der Waals surface area contributed by atoms with Gasteiger partial charge in [-0.05, 0) is 36.7 Å². The fraction of sp³-hybridized carbons (Fsp3) is 0.367. The first kappa shape index (κ1) is 27.4. The summed E-state index contributed by atoms with van der Waals surface area (Å²) in [6, 6.07) is 14.4. The van der Waals surface area contributed by atoms with E-state index < -0.39 is 0 Å². The van der Waals surface area contributed by atoms with Gasteiger partial charge in [0.25, 0.3) is 0 Å². The van der Waals surface area contributed by atoms with Crippen molar-refractivity contribution in [1.82, 2.24) is 14.9 Å². The molecule has 0 radical (unpaired) electrons. The normalized spacial score (nSPS) is 17.5. The van der Waals surface area contributed by atoms with Crippen LogP contribution in [0.2, 0.25) is 0 Å². The number of likely N-dealkylation sites (N-methyl/N-ethyl adjacent to an activating group) is 1. The van der Waals surface area contributed by atoms with Crippen molar-refractivity contribution < 1.29 is 14.4 Å². The van der Waals surface area contributed by atoms with Crippen molar-refractivity contribution >= 4 is 34.6 Å². The molecule has 2 saturated heterocycles. The number of hydrogen-bond acceptors (Lipinski definition) is 9. The number of piperazine rings is 1. The monoisotopic (exact) mass is 543 g/mol. The van der Waals surface area contributed by atoms with Gasteiger partial charge in [0.2, 0.25) is 5.91 Å². The number of rotatable bonds is 9. The lowest BCUT2D eigenvalue weighted by molar-refractivity contribution is -0.111. The third-order valence-corrected chi connectivity index (χ3v) is 7.40. The minimum atomic E-state index is -0.278. The number of amides is 1. The maximum Gasteiger partial charge on any atom is 0.247 e. The van der Waals surface area contributed by atoms with Gasteiger partial charge in [0.1, 0.15) is 17.9 Å². The van der Waals surface area contributed by atoms with Gasteiger partial charge in [-0.2, -0.15) is 0 Å². The Balaban J connectivity index is 1.43. The molecule has 0 unspecified atom stereocenters. The molecule has 2 fully saturated rings. The summed E-state index contributed by atoms with van der Waals surface area (Å²) in [4.78, 5) is 31.9. The molecule has 0 aliphatic carbocycles. The fourth-order valence-electron chi connectivity index (χ4n) is 5.12. The van der Waals surface area contributed by atoms with E-state index in [-0.39, 0.29) is 11.9 Å². The number of anilines is 5. The lowest BCUT2D eigenvalue weighted by atomic mass is 10.0. The van der Waals surface area contributed by atoms with Gasteiger partial charge < -0.3 is 25.2 Å². The molecule has 210 valence electrons. The minimum Gasteiger partial charge on any atom is -0.494 e. The Bertz CT molecular complexity index is 1360. The Morgan fingerprint density at radius 1 is 1.15 bits per heavy atom. The van der Waals surface area contributed by atoms with Crippen LogP contribution in [0.1, 0.15) is 30.5 Å². The highest BCUT2D eigenvalue weighted by atomic mass is 16.7. The van der Waals surface area contributed by atoms with Gasteiger partial charge in [0, 0.05) is 44.7 Å². The number of aromatic nitrogens is 2. The smallest absolute Gasteiger partial charge is 0.247 e. The fourth-order valence-corrected chi connectivity index (χ4v) is 5.12. The molecule has 0 saturated carbocycles. The van der Waals surface area contributed by atoms with Crippen molar-refractivity contribution in [1.29, 1.82) is 0 Å². The molecule has 2 aliphatic rings. The maximum absolute atomic E-state index is 12.3. The van der Waals surface area contributed by atoms with Crippen LogP contribution < -0.4 is 25.3 Å². The summed E-state index contributed by atoms with van der Waals surface area (Å²) in [7, 11) is 3.74. The summed E-state index contributed by atoms with van der Waals surface area (Å²) < 4.78 is 5.77. The number of carbonyl (C=O) groups is 1. The number of methoxy groups -OCH3 is 1. The van der Waals surface area contributed by atoms with Crippen molar-refractivity contribution in [3.8, 4) is 5.75 Å². The second kappa shape index (κ2) is 12.4. The summed E-state index contributed by atoms with van der Waals surface area (Å²) >= 11 is 0. The summed E-state index contributed by atoms with van der Waals surface area (Å²) in [6.07, 6.45) is 4.64. The van der Waals surface area contributed by atoms with Crippen molar-refractivity contribution in [2.24, 2.45) is 0 Å². The van der Waals surface area contributed by atoms with Crippen LogP contribution in [-0.4, -0.2) is 67.7 Å². The Kier molecular flexibility index (Phi) is 8.47. The van der Waals surface area contributed by atoms with E-state index in [1.165, 1.54) is 23.5 Å². The summed E-state index contributed by atoms with van der Waals surface area (Å²) in [5.41, 5.74) is 4.73. The third-order valence-electron chi connectivity index (χ3n) is 7.40. The second-order valence-corrected chi connectivity index (χ2v) is 10.0. The van der Waals surface area contributed by atoms with E-state index in [0.717, 1.165) is 44.7 Å². The lowest BCUT2D eigenvalue weighted by Crippen LogP contribution is -2.44. The molecule has 1 amide bonds. The van der Waals surface area contributed by atoms with E-state index in [4.69, 9.17) is 9.57 Å². The molecule has 1 atom stereocenters. The van der Waals surface area contributed by atoms with E-state index in [0.29, 0.717) is 35.4 Å². The number of benzene rings is 2. The zero-order chi connectivity index (χ0) is 28.1. The molecule has 5 rings (SSSR count). The number of aryl methyl sites for hydroxylation is 1. The van der Waals surface area contributed by atoms with Crippen LogP contribution in [0.4, 0.5) is 28.7 Å². The topological polar surface area (TPSA) is 95.1 Å². The van der Waals surface area contributed by atoms with Crippen molar-refractivity contribution in [3.63, 3.8) is 0 Å². The highest BCUT2D eigenvalue weighted by Crippen LogP contribution is 2.40. The molecule has 3 aromatic rings. The number of hydroxylamine groups is 1. The van der Waals surface area contributed by atoms with Crippen LogP contribution in [0.15, 0.2) is 61.4 Å². The van der Waals surface area contributed by atoms with Crippen LogP contribution >= 0.6 is 0 Å². The largest absolute Gasteiger partial charge is 0.494 e. The van der Waals surface area contributed by atoms with Crippen LogP contribution in [0.25, 0.3) is 0 Å². The van der Waals surface area contributed by atoms with Gasteiger partial charge in [-0.3, -0.25) is 9.63 Å². The van der Waals surface area contributed by atoms with Crippen molar-refractivity contribution in [3.05, 3.63) is 72.6 Å².